The van der Waals surface area contributed by atoms with Gasteiger partial charge in [0.25, 0.3) is 0 Å². The van der Waals surface area contributed by atoms with Gasteiger partial charge in [-0.15, -0.1) is 0 Å². The zero-order valence-corrected chi connectivity index (χ0v) is 14.5. The van der Waals surface area contributed by atoms with Gasteiger partial charge in [-0.25, -0.2) is 14.2 Å². The Morgan fingerprint density at radius 1 is 1.33 bits per heavy atom. The number of carbonyl (C=O) groups is 1. The Hall–Kier alpha value is -2.57. The number of rotatable bonds is 4. The van der Waals surface area contributed by atoms with Crippen molar-refractivity contribution >= 4 is 17.5 Å². The molecule has 130 valence electrons. The number of hydrogen-bond acceptors (Lipinski definition) is 5. The second-order valence-corrected chi connectivity index (χ2v) is 6.42. The van der Waals surface area contributed by atoms with Gasteiger partial charge in [-0.05, 0) is 52.8 Å². The lowest BCUT2D eigenvalue weighted by atomic mass is 10.2. The molecule has 2 N–H and O–H groups in total. The Balaban J connectivity index is 2.04. The molecule has 7 heteroatoms. The molecule has 0 aliphatic rings. The summed E-state index contributed by atoms with van der Waals surface area (Å²) in [5, 5.41) is 5.48. The molecule has 1 aromatic carbocycles. The molecule has 0 aliphatic carbocycles. The Labute approximate surface area is 140 Å². The molecule has 0 aliphatic heterocycles. The zero-order chi connectivity index (χ0) is 17.9. The number of aromatic nitrogens is 1. The lowest BCUT2D eigenvalue weighted by Gasteiger charge is -2.19. The van der Waals surface area contributed by atoms with Gasteiger partial charge < -0.3 is 14.5 Å². The SMILES string of the molecule is Cc1nc(CNc2cc(NC(=O)OC(C)(C)C)ccc2F)oc1C. The van der Waals surface area contributed by atoms with E-state index in [0.717, 1.165) is 11.5 Å². The van der Waals surface area contributed by atoms with Crippen LogP contribution >= 0.6 is 0 Å². The first kappa shape index (κ1) is 17.8. The molecule has 0 bridgehead atoms. The number of aryl methyl sites for hydroxylation is 2. The molecule has 0 saturated heterocycles. The number of hydrogen-bond donors (Lipinski definition) is 2. The van der Waals surface area contributed by atoms with Gasteiger partial charge in [0.05, 0.1) is 17.9 Å². The number of amides is 1. The van der Waals surface area contributed by atoms with E-state index in [9.17, 15) is 9.18 Å². The molecule has 0 radical (unpaired) electrons. The van der Waals surface area contributed by atoms with Crippen molar-refractivity contribution < 1.29 is 18.3 Å². The molecule has 2 rings (SSSR count). The molecular formula is C17H22FN3O3. The number of anilines is 2. The summed E-state index contributed by atoms with van der Waals surface area (Å²) in [6, 6.07) is 4.22. The predicted molar refractivity (Wildman–Crippen MR) is 89.6 cm³/mol. The summed E-state index contributed by atoms with van der Waals surface area (Å²) >= 11 is 0. The summed E-state index contributed by atoms with van der Waals surface area (Å²) in [6.45, 7) is 9.20. The third-order valence-corrected chi connectivity index (χ3v) is 3.11. The maximum absolute atomic E-state index is 13.9. The van der Waals surface area contributed by atoms with E-state index >= 15 is 0 Å². The van der Waals surface area contributed by atoms with Gasteiger partial charge in [-0.1, -0.05) is 0 Å². The molecule has 0 unspecified atom stereocenters. The first-order chi connectivity index (χ1) is 11.1. The summed E-state index contributed by atoms with van der Waals surface area (Å²) in [6.07, 6.45) is -0.598. The number of carbonyl (C=O) groups excluding carboxylic acids is 1. The minimum Gasteiger partial charge on any atom is -0.444 e. The number of ether oxygens (including phenoxy) is 1. The van der Waals surface area contributed by atoms with E-state index in [4.69, 9.17) is 9.15 Å². The molecule has 0 spiro atoms. The third-order valence-electron chi connectivity index (χ3n) is 3.11. The second-order valence-electron chi connectivity index (χ2n) is 6.42. The van der Waals surface area contributed by atoms with E-state index < -0.39 is 17.5 Å². The fourth-order valence-corrected chi connectivity index (χ4v) is 1.95. The molecule has 0 atom stereocenters. The maximum atomic E-state index is 13.9. The third kappa shape index (κ3) is 4.97. The average Bonchev–Trinajstić information content (AvgIpc) is 2.76. The predicted octanol–water partition coefficient (Wildman–Crippen LogP) is 4.39. The Kier molecular flexibility index (Phi) is 5.11. The summed E-state index contributed by atoms with van der Waals surface area (Å²) in [4.78, 5) is 16.0. The second kappa shape index (κ2) is 6.90. The van der Waals surface area contributed by atoms with Gasteiger partial charge in [0.2, 0.25) is 5.89 Å². The smallest absolute Gasteiger partial charge is 0.412 e. The number of benzene rings is 1. The monoisotopic (exact) mass is 335 g/mol. The van der Waals surface area contributed by atoms with Crippen LogP contribution < -0.4 is 10.6 Å². The van der Waals surface area contributed by atoms with E-state index in [2.05, 4.69) is 15.6 Å². The van der Waals surface area contributed by atoms with E-state index in [-0.39, 0.29) is 12.2 Å². The van der Waals surface area contributed by atoms with Crippen LogP contribution in [0, 0.1) is 19.7 Å². The quantitative estimate of drug-likeness (QED) is 0.866. The Morgan fingerprint density at radius 3 is 2.62 bits per heavy atom. The van der Waals surface area contributed by atoms with Crippen molar-refractivity contribution in [1.29, 1.82) is 0 Å². The van der Waals surface area contributed by atoms with Gasteiger partial charge in [0, 0.05) is 5.69 Å². The lowest BCUT2D eigenvalue weighted by molar-refractivity contribution is 0.0636. The highest BCUT2D eigenvalue weighted by Gasteiger charge is 2.16. The van der Waals surface area contributed by atoms with Gasteiger partial charge >= 0.3 is 6.09 Å². The minimum atomic E-state index is -0.605. The van der Waals surface area contributed by atoms with E-state index in [1.165, 1.54) is 18.2 Å². The average molecular weight is 335 g/mol. The first-order valence-corrected chi connectivity index (χ1v) is 7.60. The largest absolute Gasteiger partial charge is 0.444 e. The van der Waals surface area contributed by atoms with Crippen LogP contribution in [0.25, 0.3) is 0 Å². The van der Waals surface area contributed by atoms with Crippen LogP contribution in [0.15, 0.2) is 22.6 Å². The fraction of sp³-hybridized carbons (Fsp3) is 0.412. The molecule has 0 fully saturated rings. The van der Waals surface area contributed by atoms with E-state index in [1.54, 1.807) is 20.8 Å². The topological polar surface area (TPSA) is 76.4 Å². The van der Waals surface area contributed by atoms with Crippen molar-refractivity contribution in [2.75, 3.05) is 10.6 Å². The lowest BCUT2D eigenvalue weighted by Crippen LogP contribution is -2.27. The Bertz CT molecular complexity index is 716. The molecule has 0 saturated carbocycles. The van der Waals surface area contributed by atoms with Crippen molar-refractivity contribution in [3.63, 3.8) is 0 Å². The van der Waals surface area contributed by atoms with Crippen LogP contribution in [-0.2, 0) is 11.3 Å². The van der Waals surface area contributed by atoms with Gasteiger partial charge in [-0.3, -0.25) is 5.32 Å². The highest BCUT2D eigenvalue weighted by Crippen LogP contribution is 2.21. The van der Waals surface area contributed by atoms with E-state index in [0.29, 0.717) is 11.6 Å². The molecule has 1 heterocycles. The number of oxazole rings is 1. The highest BCUT2D eigenvalue weighted by molar-refractivity contribution is 5.85. The normalized spacial score (nSPS) is 11.2. The van der Waals surface area contributed by atoms with Crippen molar-refractivity contribution in [1.82, 2.24) is 4.98 Å². The standard InChI is InChI=1S/C17H22FN3O3/c1-10-11(2)23-15(20-10)9-19-14-8-12(6-7-13(14)18)21-16(22)24-17(3,4)5/h6-8,19H,9H2,1-5H3,(H,21,22). The highest BCUT2D eigenvalue weighted by atomic mass is 19.1. The first-order valence-electron chi connectivity index (χ1n) is 7.60. The number of nitrogens with one attached hydrogen (secondary N) is 2. The van der Waals surface area contributed by atoms with Gasteiger partial charge in [0.15, 0.2) is 0 Å². The van der Waals surface area contributed by atoms with Crippen LogP contribution in [0.3, 0.4) is 0 Å². The minimum absolute atomic E-state index is 0.233. The molecule has 6 nitrogen and oxygen atoms in total. The van der Waals surface area contributed by atoms with Crippen LogP contribution in [0.1, 0.15) is 38.1 Å². The zero-order valence-electron chi connectivity index (χ0n) is 14.5. The van der Waals surface area contributed by atoms with Crippen molar-refractivity contribution in [2.45, 2.75) is 46.8 Å². The molecule has 2 aromatic rings. The maximum Gasteiger partial charge on any atom is 0.412 e. The summed E-state index contributed by atoms with van der Waals surface area (Å²) < 4.78 is 24.5. The van der Waals surface area contributed by atoms with Crippen molar-refractivity contribution in [3.8, 4) is 0 Å². The number of halogens is 1. The van der Waals surface area contributed by atoms with Crippen molar-refractivity contribution in [3.05, 3.63) is 41.4 Å². The van der Waals surface area contributed by atoms with Crippen LogP contribution in [-0.4, -0.2) is 16.7 Å². The van der Waals surface area contributed by atoms with Crippen LogP contribution in [0.4, 0.5) is 20.6 Å². The summed E-state index contributed by atoms with van der Waals surface area (Å²) in [5.74, 6) is 0.757. The Morgan fingerprint density at radius 2 is 2.04 bits per heavy atom. The molecule has 24 heavy (non-hydrogen) atoms. The van der Waals surface area contributed by atoms with Crippen LogP contribution in [0.2, 0.25) is 0 Å². The van der Waals surface area contributed by atoms with Crippen LogP contribution in [0.5, 0.6) is 0 Å². The van der Waals surface area contributed by atoms with Gasteiger partial charge in [-0.2, -0.15) is 0 Å². The molecule has 1 amide bonds. The molecular weight excluding hydrogens is 313 g/mol. The molecule has 1 aromatic heterocycles. The van der Waals surface area contributed by atoms with Gasteiger partial charge in [0.1, 0.15) is 17.2 Å². The fourth-order valence-electron chi connectivity index (χ4n) is 1.95. The van der Waals surface area contributed by atoms with E-state index in [1.807, 2.05) is 13.8 Å². The summed E-state index contributed by atoms with van der Waals surface area (Å²) in [5.41, 5.74) is 0.851. The number of nitrogens with zero attached hydrogens (tertiary/aromatic N) is 1. The van der Waals surface area contributed by atoms with Crippen molar-refractivity contribution in [2.24, 2.45) is 0 Å². The summed E-state index contributed by atoms with van der Waals surface area (Å²) in [7, 11) is 0.